The second kappa shape index (κ2) is 35.0. The van der Waals surface area contributed by atoms with Crippen LogP contribution in [-0.4, -0.2) is 58.6 Å². The number of benzene rings is 18. The molecular formula is C123H78N12O3. The molecule has 15 heteroatoms. The molecule has 18 aromatic carbocycles. The molecule has 0 N–H and O–H groups in total. The zero-order valence-corrected chi connectivity index (χ0v) is 74.1. The molecule has 27 aromatic rings. The zero-order chi connectivity index (χ0) is 91.4. The van der Waals surface area contributed by atoms with E-state index in [0.717, 1.165) is 205 Å². The first-order valence-electron chi connectivity index (χ1n) is 45.9. The highest BCUT2D eigenvalue weighted by Crippen LogP contribution is 2.45. The summed E-state index contributed by atoms with van der Waals surface area (Å²) < 4.78 is 26.3. The summed E-state index contributed by atoms with van der Waals surface area (Å²) in [6.45, 7) is 0. The molecule has 0 aliphatic carbocycles. The predicted octanol–water partition coefficient (Wildman–Crippen LogP) is 31.1. The number of hydrogen-bond donors (Lipinski definition) is 0. The normalized spacial score (nSPS) is 11.5. The summed E-state index contributed by atoms with van der Waals surface area (Å²) in [6, 6.07) is 162. The van der Waals surface area contributed by atoms with E-state index >= 15 is 0 Å². The van der Waals surface area contributed by atoms with E-state index in [2.05, 4.69) is 281 Å². The smallest absolute Gasteiger partial charge is 0.227 e. The summed E-state index contributed by atoms with van der Waals surface area (Å²) in [4.78, 5) is 44.5. The number of nitrogens with zero attached hydrogens (tertiary/aromatic N) is 12. The van der Waals surface area contributed by atoms with Gasteiger partial charge in [0.05, 0.1) is 72.0 Å². The monoisotopic (exact) mass is 1770 g/mol. The van der Waals surface area contributed by atoms with Gasteiger partial charge in [0, 0.05) is 94.4 Å². The standard InChI is InChI=1S/C42H27N3O.C41H26N4O.C40H25N5O/c1-4-12-28(13-5-1)32-26-36(29-14-6-2-7-15-29)43-37(27-32)30-20-22-33(23-21-30)45-38-19-11-10-18-34(38)40-39(45)25-24-35-41(40)46-42(44-35)31-16-8-3-9-17-31;1-4-13-27(14-5-1)34-26-35(43-40(42-34)28-15-6-2-7-16-28)30-19-12-20-31(25-30)45-36-22-11-10-21-32(36)38-37(45)24-23-33-39(38)46-41(44-33)29-17-8-3-9-18-29;1-4-13-26(14-5-1)37-42-38(27-15-6-2-7-16-27)44-39(43-37)29-19-12-20-30(25-29)45-33-22-11-10-21-31(33)35-34(45)24-23-32-36(35)46-40(41-32)28-17-8-3-9-18-28/h1-27H;1-26H;1-25H. The van der Waals surface area contributed by atoms with Crippen molar-refractivity contribution in [2.24, 2.45) is 0 Å². The lowest BCUT2D eigenvalue weighted by Gasteiger charge is -2.12. The summed E-state index contributed by atoms with van der Waals surface area (Å²) in [6.07, 6.45) is 0. The third-order valence-electron chi connectivity index (χ3n) is 25.3. The number of aromatic nitrogens is 12. The number of rotatable bonds is 15. The molecular weight excluding hydrogens is 1690 g/mol. The average molecular weight is 1770 g/mol. The van der Waals surface area contributed by atoms with Crippen molar-refractivity contribution in [1.82, 2.24) is 58.6 Å². The molecule has 27 rings (SSSR count). The van der Waals surface area contributed by atoms with Crippen molar-refractivity contribution in [2.45, 2.75) is 0 Å². The summed E-state index contributed by atoms with van der Waals surface area (Å²) in [7, 11) is 0. The third kappa shape index (κ3) is 15.1. The number of pyridine rings is 1. The van der Waals surface area contributed by atoms with Crippen LogP contribution in [0.15, 0.2) is 486 Å². The average Bonchev–Trinajstić information content (AvgIpc) is 1.58. The molecule has 0 fully saturated rings. The number of para-hydroxylation sites is 3. The topological polar surface area (TPSA) is 170 Å². The molecule has 0 saturated carbocycles. The maximum atomic E-state index is 6.49. The Morgan fingerprint density at radius 3 is 0.804 bits per heavy atom. The highest BCUT2D eigenvalue weighted by molar-refractivity contribution is 6.22. The Morgan fingerprint density at radius 2 is 0.428 bits per heavy atom. The maximum absolute atomic E-state index is 6.49. The van der Waals surface area contributed by atoms with E-state index in [1.54, 1.807) is 0 Å². The molecule has 0 radical (unpaired) electrons. The Labute approximate surface area is 791 Å². The lowest BCUT2D eigenvalue weighted by Crippen LogP contribution is -2.01. The van der Waals surface area contributed by atoms with Gasteiger partial charge in [-0.1, -0.05) is 328 Å². The molecule has 9 heterocycles. The maximum Gasteiger partial charge on any atom is 0.227 e. The Kier molecular flexibility index (Phi) is 20.5. The first-order valence-corrected chi connectivity index (χ1v) is 45.9. The molecule has 0 amide bonds. The van der Waals surface area contributed by atoms with E-state index in [0.29, 0.717) is 41.0 Å². The molecule has 0 spiro atoms. The van der Waals surface area contributed by atoms with Crippen molar-refractivity contribution in [1.29, 1.82) is 0 Å². The summed E-state index contributed by atoms with van der Waals surface area (Å²) >= 11 is 0. The molecule has 0 aliphatic rings. The van der Waals surface area contributed by atoms with Gasteiger partial charge in [0.2, 0.25) is 17.7 Å². The highest BCUT2D eigenvalue weighted by Gasteiger charge is 2.26. The van der Waals surface area contributed by atoms with Gasteiger partial charge < -0.3 is 27.0 Å². The molecule has 9 aromatic heterocycles. The SMILES string of the molecule is c1ccc(-c2cc(-c3cccc(-n4c5ccccc5c5c6oc(-c7ccccc7)nc6ccc54)c3)nc(-c3ccccc3)n2)cc1.c1ccc(-c2cc(-c3ccccc3)nc(-c3ccc(-n4c5ccccc5c5c6oc(-c7ccccc7)nc6ccc54)cc3)c2)cc1.c1ccc(-c2nc(-c3ccccc3)nc(-c3cccc(-n4c5ccccc5c5c6oc(-c7ccccc7)nc6ccc54)c3)n2)cc1. The van der Waals surface area contributed by atoms with Crippen LogP contribution in [0.25, 0.3) is 252 Å². The van der Waals surface area contributed by atoms with Crippen molar-refractivity contribution in [3.05, 3.63) is 473 Å². The number of fused-ring (bicyclic) bond motifs is 15. The molecule has 0 saturated heterocycles. The Bertz CT molecular complexity index is 8700. The lowest BCUT2D eigenvalue weighted by molar-refractivity contribution is 0.622. The van der Waals surface area contributed by atoms with Crippen molar-refractivity contribution < 1.29 is 13.3 Å². The van der Waals surface area contributed by atoms with Crippen molar-refractivity contribution >= 4 is 98.7 Å². The van der Waals surface area contributed by atoms with E-state index in [9.17, 15) is 0 Å². The molecule has 0 aliphatic heterocycles. The minimum Gasteiger partial charge on any atom is -0.435 e. The molecule has 0 unspecified atom stereocenters. The van der Waals surface area contributed by atoms with E-state index < -0.39 is 0 Å². The van der Waals surface area contributed by atoms with Gasteiger partial charge >= 0.3 is 0 Å². The largest absolute Gasteiger partial charge is 0.435 e. The minimum absolute atomic E-state index is 0.611. The third-order valence-corrected chi connectivity index (χ3v) is 25.3. The Balaban J connectivity index is 0.000000110. The number of oxazole rings is 3. The van der Waals surface area contributed by atoms with Crippen molar-refractivity contribution in [3.8, 4) is 153 Å². The Hall–Kier alpha value is -19.0. The van der Waals surface area contributed by atoms with Gasteiger partial charge in [0.15, 0.2) is 40.0 Å². The van der Waals surface area contributed by atoms with E-state index in [1.807, 2.05) is 206 Å². The fourth-order valence-electron chi connectivity index (χ4n) is 18.9. The minimum atomic E-state index is 0.611. The number of hydrogen-bond acceptors (Lipinski definition) is 12. The fourth-order valence-corrected chi connectivity index (χ4v) is 18.9. The second-order valence-corrected chi connectivity index (χ2v) is 33.9. The summed E-state index contributed by atoms with van der Waals surface area (Å²) in [5, 5.41) is 6.49. The van der Waals surface area contributed by atoms with Crippen molar-refractivity contribution in [3.63, 3.8) is 0 Å². The van der Waals surface area contributed by atoms with Gasteiger partial charge in [-0.3, -0.25) is 0 Å². The quantitative estimate of drug-likeness (QED) is 0.0953. The molecule has 0 bridgehead atoms. The summed E-state index contributed by atoms with van der Waals surface area (Å²) in [5.74, 6) is 4.43. The van der Waals surface area contributed by atoms with Crippen LogP contribution in [0.5, 0.6) is 0 Å². The van der Waals surface area contributed by atoms with Gasteiger partial charge in [0.1, 0.15) is 16.6 Å². The van der Waals surface area contributed by atoms with E-state index in [1.165, 1.54) is 5.56 Å². The summed E-state index contributed by atoms with van der Waals surface area (Å²) in [5.41, 5.74) is 31.2. The van der Waals surface area contributed by atoms with Gasteiger partial charge in [-0.25, -0.2) is 44.9 Å². The van der Waals surface area contributed by atoms with Crippen LogP contribution in [0, 0.1) is 0 Å². The molecule has 648 valence electrons. The zero-order valence-electron chi connectivity index (χ0n) is 74.1. The molecule has 15 nitrogen and oxygen atoms in total. The second-order valence-electron chi connectivity index (χ2n) is 33.9. The van der Waals surface area contributed by atoms with E-state index in [4.69, 9.17) is 58.1 Å². The van der Waals surface area contributed by atoms with Crippen LogP contribution in [0.1, 0.15) is 0 Å². The molecule has 138 heavy (non-hydrogen) atoms. The van der Waals surface area contributed by atoms with Crippen LogP contribution in [0.2, 0.25) is 0 Å². The van der Waals surface area contributed by atoms with Gasteiger partial charge in [0.25, 0.3) is 0 Å². The van der Waals surface area contributed by atoms with Crippen molar-refractivity contribution in [2.75, 3.05) is 0 Å². The first kappa shape index (κ1) is 81.0. The predicted molar refractivity (Wildman–Crippen MR) is 557 cm³/mol. The van der Waals surface area contributed by atoms with Gasteiger partial charge in [-0.2, -0.15) is 0 Å². The van der Waals surface area contributed by atoms with Gasteiger partial charge in [-0.15, -0.1) is 0 Å². The highest BCUT2D eigenvalue weighted by atomic mass is 16.4. The van der Waals surface area contributed by atoms with Crippen LogP contribution < -0.4 is 0 Å². The Morgan fingerprint density at radius 1 is 0.152 bits per heavy atom. The van der Waals surface area contributed by atoms with E-state index in [-0.39, 0.29) is 0 Å². The first-order chi connectivity index (χ1) is 68.4. The van der Waals surface area contributed by atoms with Crippen LogP contribution in [-0.2, 0) is 0 Å². The van der Waals surface area contributed by atoms with Crippen LogP contribution >= 0.6 is 0 Å². The van der Waals surface area contributed by atoms with Crippen LogP contribution in [0.4, 0.5) is 0 Å². The van der Waals surface area contributed by atoms with Crippen LogP contribution in [0.3, 0.4) is 0 Å². The van der Waals surface area contributed by atoms with Gasteiger partial charge in [-0.05, 0) is 157 Å². The lowest BCUT2D eigenvalue weighted by atomic mass is 10.00. The fraction of sp³-hybridized carbons (Fsp3) is 0. The molecule has 0 atom stereocenters.